The van der Waals surface area contributed by atoms with Gasteiger partial charge in [-0.2, -0.15) is 5.26 Å². The van der Waals surface area contributed by atoms with Crippen LogP contribution in [0.2, 0.25) is 0 Å². The number of benzene rings is 6. The smallest absolute Gasteiger partial charge is 0.137 e. The molecule has 0 amide bonds. The number of hydrogen-bond acceptors (Lipinski definition) is 4. The van der Waals surface area contributed by atoms with Crippen LogP contribution in [0.15, 0.2) is 156 Å². The molecule has 0 spiro atoms. The van der Waals surface area contributed by atoms with E-state index in [0.717, 1.165) is 38.7 Å². The van der Waals surface area contributed by atoms with Gasteiger partial charge in [-0.15, -0.1) is 0 Å². The maximum Gasteiger partial charge on any atom is 0.137 e. The van der Waals surface area contributed by atoms with Crippen molar-refractivity contribution in [2.24, 2.45) is 0 Å². The lowest BCUT2D eigenvalue weighted by atomic mass is 9.94. The van der Waals surface area contributed by atoms with Gasteiger partial charge < -0.3 is 9.73 Å². The summed E-state index contributed by atoms with van der Waals surface area (Å²) in [6.45, 7) is 0. The van der Waals surface area contributed by atoms with Gasteiger partial charge in [0.2, 0.25) is 0 Å². The average molecular weight is 580 g/mol. The van der Waals surface area contributed by atoms with Gasteiger partial charge in [0.1, 0.15) is 17.3 Å². The van der Waals surface area contributed by atoms with Crippen molar-refractivity contribution in [3.05, 3.63) is 174 Å². The van der Waals surface area contributed by atoms with E-state index in [2.05, 4.69) is 126 Å². The number of para-hydroxylation sites is 1. The SMILES string of the molecule is N#Cc1cc(C2NC(c3ccc(-c4ccccc4)cc3)=CC(c3ccc(-c4ccccc4)cc3)N2)c2c(c1)oc1ccccc12. The lowest BCUT2D eigenvalue weighted by Crippen LogP contribution is -2.39. The Morgan fingerprint density at radius 3 is 1.82 bits per heavy atom. The standard InChI is InChI=1S/C41H29N3O/c42-26-27-23-35(40-34-13-7-8-14-38(34)45-39(40)24-27)41-43-36(32-19-15-30(16-20-32)28-9-3-1-4-10-28)25-37(44-41)33-21-17-31(18-22-33)29-11-5-2-6-12-29/h1-25,36,41,43-44H. The van der Waals surface area contributed by atoms with Crippen molar-refractivity contribution in [3.63, 3.8) is 0 Å². The van der Waals surface area contributed by atoms with Crippen LogP contribution >= 0.6 is 0 Å². The minimum atomic E-state index is -0.283. The van der Waals surface area contributed by atoms with Crippen LogP contribution in [0, 0.1) is 11.3 Å². The number of hydrogen-bond donors (Lipinski definition) is 2. The van der Waals surface area contributed by atoms with E-state index in [0.29, 0.717) is 11.1 Å². The Balaban J connectivity index is 1.23. The minimum Gasteiger partial charge on any atom is -0.456 e. The monoisotopic (exact) mass is 579 g/mol. The second-order valence-electron chi connectivity index (χ2n) is 11.4. The third kappa shape index (κ3) is 5.06. The van der Waals surface area contributed by atoms with Gasteiger partial charge in [0, 0.05) is 22.0 Å². The maximum atomic E-state index is 9.95. The molecule has 1 aliphatic rings. The fraction of sp³-hybridized carbons (Fsp3) is 0.0488. The fourth-order valence-electron chi connectivity index (χ4n) is 6.34. The normalized spacial score (nSPS) is 16.2. The minimum absolute atomic E-state index is 0.0798. The Morgan fingerprint density at radius 2 is 1.16 bits per heavy atom. The molecule has 0 fully saturated rings. The summed E-state index contributed by atoms with van der Waals surface area (Å²) in [5.74, 6) is 0. The Hall–Kier alpha value is -5.89. The van der Waals surface area contributed by atoms with Crippen LogP contribution in [0.4, 0.5) is 0 Å². The number of furan rings is 1. The zero-order chi connectivity index (χ0) is 30.2. The van der Waals surface area contributed by atoms with Crippen molar-refractivity contribution in [1.29, 1.82) is 5.26 Å². The van der Waals surface area contributed by atoms with Gasteiger partial charge in [-0.05, 0) is 57.7 Å². The van der Waals surface area contributed by atoms with E-state index in [1.54, 1.807) is 0 Å². The molecule has 4 nitrogen and oxygen atoms in total. The summed E-state index contributed by atoms with van der Waals surface area (Å²) in [6.07, 6.45) is 1.97. The molecule has 0 radical (unpaired) electrons. The zero-order valence-electron chi connectivity index (χ0n) is 24.4. The third-order valence-corrected chi connectivity index (χ3v) is 8.61. The molecule has 45 heavy (non-hydrogen) atoms. The van der Waals surface area contributed by atoms with Crippen molar-refractivity contribution in [2.75, 3.05) is 0 Å². The summed E-state index contributed by atoms with van der Waals surface area (Å²) in [6, 6.07) is 52.4. The van der Waals surface area contributed by atoms with Crippen LogP contribution < -0.4 is 10.6 Å². The topological polar surface area (TPSA) is 61.0 Å². The van der Waals surface area contributed by atoms with Crippen LogP contribution in [-0.2, 0) is 0 Å². The van der Waals surface area contributed by atoms with Crippen LogP contribution in [0.1, 0.15) is 34.5 Å². The van der Waals surface area contributed by atoms with E-state index >= 15 is 0 Å². The van der Waals surface area contributed by atoms with Gasteiger partial charge in [0.25, 0.3) is 0 Å². The van der Waals surface area contributed by atoms with Gasteiger partial charge in [0.05, 0.1) is 17.7 Å². The summed E-state index contributed by atoms with van der Waals surface area (Å²) in [5.41, 5.74) is 11.1. The zero-order valence-corrected chi connectivity index (χ0v) is 24.4. The molecule has 1 aliphatic heterocycles. The molecule has 2 heterocycles. The van der Waals surface area contributed by atoms with Gasteiger partial charge in [-0.3, -0.25) is 5.32 Å². The molecule has 8 rings (SSSR count). The Morgan fingerprint density at radius 1 is 0.578 bits per heavy atom. The number of nitriles is 1. The molecule has 7 aromatic rings. The van der Waals surface area contributed by atoms with Crippen molar-refractivity contribution < 1.29 is 4.42 Å². The molecular formula is C41H29N3O. The average Bonchev–Trinajstić information content (AvgIpc) is 3.50. The summed E-state index contributed by atoms with van der Waals surface area (Å²) in [5, 5.41) is 19.6. The summed E-state index contributed by atoms with van der Waals surface area (Å²) in [7, 11) is 0. The second kappa shape index (κ2) is 11.3. The highest BCUT2D eigenvalue weighted by Crippen LogP contribution is 2.38. The molecule has 1 aromatic heterocycles. The highest BCUT2D eigenvalue weighted by Gasteiger charge is 2.27. The van der Waals surface area contributed by atoms with E-state index in [-0.39, 0.29) is 12.2 Å². The van der Waals surface area contributed by atoms with Crippen LogP contribution in [0.5, 0.6) is 0 Å². The van der Waals surface area contributed by atoms with Crippen LogP contribution in [-0.4, -0.2) is 0 Å². The van der Waals surface area contributed by atoms with Crippen molar-refractivity contribution in [1.82, 2.24) is 10.6 Å². The maximum absolute atomic E-state index is 9.95. The predicted octanol–water partition coefficient (Wildman–Crippen LogP) is 9.77. The van der Waals surface area contributed by atoms with E-state index < -0.39 is 0 Å². The van der Waals surface area contributed by atoms with Gasteiger partial charge in [-0.1, -0.05) is 127 Å². The van der Waals surface area contributed by atoms with E-state index in [1.807, 2.05) is 42.5 Å². The predicted molar refractivity (Wildman–Crippen MR) is 182 cm³/mol. The lowest BCUT2D eigenvalue weighted by molar-refractivity contribution is 0.445. The molecule has 2 N–H and O–H groups in total. The van der Waals surface area contributed by atoms with Gasteiger partial charge in [-0.25, -0.2) is 0 Å². The summed E-state index contributed by atoms with van der Waals surface area (Å²) >= 11 is 0. The largest absolute Gasteiger partial charge is 0.456 e. The molecule has 0 aliphatic carbocycles. The molecule has 6 aromatic carbocycles. The number of fused-ring (bicyclic) bond motifs is 3. The molecule has 4 heteroatoms. The van der Waals surface area contributed by atoms with Crippen molar-refractivity contribution >= 4 is 27.6 Å². The van der Waals surface area contributed by atoms with Gasteiger partial charge in [0.15, 0.2) is 0 Å². The van der Waals surface area contributed by atoms with Crippen LogP contribution in [0.25, 0.3) is 49.9 Å². The first kappa shape index (κ1) is 26.7. The first-order valence-corrected chi connectivity index (χ1v) is 15.1. The first-order valence-electron chi connectivity index (χ1n) is 15.1. The molecule has 2 unspecified atom stereocenters. The molecular weight excluding hydrogens is 550 g/mol. The quantitative estimate of drug-likeness (QED) is 0.213. The molecule has 214 valence electrons. The molecule has 0 saturated heterocycles. The van der Waals surface area contributed by atoms with E-state index in [4.69, 9.17) is 4.42 Å². The lowest BCUT2D eigenvalue weighted by Gasteiger charge is -2.33. The fourth-order valence-corrected chi connectivity index (χ4v) is 6.34. The number of nitrogens with one attached hydrogen (secondary N) is 2. The summed E-state index contributed by atoms with van der Waals surface area (Å²) in [4.78, 5) is 0. The van der Waals surface area contributed by atoms with E-state index in [1.165, 1.54) is 22.3 Å². The molecule has 2 atom stereocenters. The molecule has 0 saturated carbocycles. The summed E-state index contributed by atoms with van der Waals surface area (Å²) < 4.78 is 6.24. The first-order chi connectivity index (χ1) is 22.2. The Bertz CT molecular complexity index is 2210. The van der Waals surface area contributed by atoms with Crippen molar-refractivity contribution in [2.45, 2.75) is 12.2 Å². The Labute approximate surface area is 261 Å². The second-order valence-corrected chi connectivity index (χ2v) is 11.4. The molecule has 0 bridgehead atoms. The van der Waals surface area contributed by atoms with Crippen molar-refractivity contribution in [3.8, 4) is 28.3 Å². The highest BCUT2D eigenvalue weighted by atomic mass is 16.3. The Kier molecular flexibility index (Phi) is 6.72. The number of nitrogens with zero attached hydrogens (tertiary/aromatic N) is 1. The van der Waals surface area contributed by atoms with E-state index in [9.17, 15) is 5.26 Å². The highest BCUT2D eigenvalue weighted by molar-refractivity contribution is 6.07. The third-order valence-electron chi connectivity index (χ3n) is 8.61. The van der Waals surface area contributed by atoms with Gasteiger partial charge >= 0.3 is 0 Å². The van der Waals surface area contributed by atoms with Crippen LogP contribution in [0.3, 0.4) is 0 Å². The number of rotatable bonds is 5.